The second-order valence-corrected chi connectivity index (χ2v) is 5.07. The van der Waals surface area contributed by atoms with Crippen LogP contribution in [0.25, 0.3) is 10.8 Å². The number of hydrogen-bond acceptors (Lipinski definition) is 3. The van der Waals surface area contributed by atoms with Gasteiger partial charge in [-0.15, -0.1) is 0 Å². The monoisotopic (exact) mass is 302 g/mol. The molecule has 23 heavy (non-hydrogen) atoms. The Morgan fingerprint density at radius 2 is 1.83 bits per heavy atom. The molecule has 4 heteroatoms. The summed E-state index contributed by atoms with van der Waals surface area (Å²) in [7, 11) is 1.58. The van der Waals surface area contributed by atoms with E-state index in [1.165, 1.54) is 0 Å². The number of nitrogens with zero attached hydrogens (tertiary/aromatic N) is 1. The van der Waals surface area contributed by atoms with Gasteiger partial charge in [0.25, 0.3) is 5.91 Å². The minimum atomic E-state index is -0.190. The number of methoxy groups -OCH3 is 1. The van der Waals surface area contributed by atoms with E-state index in [4.69, 9.17) is 10.00 Å². The molecule has 0 bridgehead atoms. The molecule has 0 aliphatic rings. The summed E-state index contributed by atoms with van der Waals surface area (Å²) >= 11 is 0. The van der Waals surface area contributed by atoms with E-state index in [2.05, 4.69) is 11.4 Å². The van der Waals surface area contributed by atoms with Gasteiger partial charge in [0.15, 0.2) is 0 Å². The molecular formula is C19H14N2O2. The molecule has 0 aliphatic heterocycles. The molecule has 0 saturated heterocycles. The third-order valence-electron chi connectivity index (χ3n) is 3.56. The van der Waals surface area contributed by atoms with E-state index in [1.807, 2.05) is 30.3 Å². The summed E-state index contributed by atoms with van der Waals surface area (Å²) in [6, 6.07) is 20.1. The van der Waals surface area contributed by atoms with Gasteiger partial charge >= 0.3 is 0 Å². The van der Waals surface area contributed by atoms with E-state index in [9.17, 15) is 4.79 Å². The van der Waals surface area contributed by atoms with Crippen molar-refractivity contribution in [1.82, 2.24) is 0 Å². The minimum absolute atomic E-state index is 0.190. The number of ether oxygens (including phenoxy) is 1. The van der Waals surface area contributed by atoms with Gasteiger partial charge in [-0.25, -0.2) is 0 Å². The number of nitrogens with one attached hydrogen (secondary N) is 1. The molecule has 112 valence electrons. The van der Waals surface area contributed by atoms with E-state index in [1.54, 1.807) is 37.4 Å². The van der Waals surface area contributed by atoms with Crippen LogP contribution in [-0.4, -0.2) is 13.0 Å². The van der Waals surface area contributed by atoms with Crippen molar-refractivity contribution in [2.75, 3.05) is 12.4 Å². The predicted molar refractivity (Wildman–Crippen MR) is 89.6 cm³/mol. The van der Waals surface area contributed by atoms with Crippen molar-refractivity contribution in [1.29, 1.82) is 5.26 Å². The lowest BCUT2D eigenvalue weighted by atomic mass is 10.0. The molecule has 1 N–H and O–H groups in total. The number of nitriles is 1. The zero-order valence-electron chi connectivity index (χ0n) is 12.5. The SMILES string of the molecule is COc1cccc(NC(=O)c2ccc3cc(C#N)ccc3c2)c1. The first-order valence-corrected chi connectivity index (χ1v) is 7.09. The first-order chi connectivity index (χ1) is 11.2. The third-order valence-corrected chi connectivity index (χ3v) is 3.56. The van der Waals surface area contributed by atoms with Crippen LogP contribution in [0.4, 0.5) is 5.69 Å². The Kier molecular flexibility index (Phi) is 3.94. The number of fused-ring (bicyclic) bond motifs is 1. The molecule has 0 heterocycles. The highest BCUT2D eigenvalue weighted by atomic mass is 16.5. The van der Waals surface area contributed by atoms with Crippen LogP contribution < -0.4 is 10.1 Å². The van der Waals surface area contributed by atoms with Crippen LogP contribution >= 0.6 is 0 Å². The van der Waals surface area contributed by atoms with Gasteiger partial charge in [0.1, 0.15) is 5.75 Å². The maximum absolute atomic E-state index is 12.4. The van der Waals surface area contributed by atoms with Crippen molar-refractivity contribution >= 4 is 22.4 Å². The van der Waals surface area contributed by atoms with Crippen molar-refractivity contribution in [3.63, 3.8) is 0 Å². The standard InChI is InChI=1S/C19H14N2O2/c1-23-18-4-2-3-17(11-18)21-19(22)16-8-7-14-9-13(12-20)5-6-15(14)10-16/h2-11H,1H3,(H,21,22). The molecule has 0 unspecified atom stereocenters. The van der Waals surface area contributed by atoms with Gasteiger partial charge in [0, 0.05) is 17.3 Å². The highest BCUT2D eigenvalue weighted by Gasteiger charge is 2.08. The number of amides is 1. The predicted octanol–water partition coefficient (Wildman–Crippen LogP) is 3.97. The molecule has 0 saturated carbocycles. The molecule has 1 amide bonds. The number of anilines is 1. The maximum Gasteiger partial charge on any atom is 0.255 e. The topological polar surface area (TPSA) is 62.1 Å². The van der Waals surface area contributed by atoms with E-state index in [0.717, 1.165) is 10.8 Å². The lowest BCUT2D eigenvalue weighted by molar-refractivity contribution is 0.102. The number of benzene rings is 3. The Bertz CT molecular complexity index is 926. The van der Waals surface area contributed by atoms with Crippen LogP contribution in [-0.2, 0) is 0 Å². The molecule has 0 atom stereocenters. The first kappa shape index (κ1) is 14.6. The van der Waals surface area contributed by atoms with Crippen LogP contribution in [0, 0.1) is 11.3 Å². The molecule has 0 spiro atoms. The van der Waals surface area contributed by atoms with Crippen LogP contribution in [0.15, 0.2) is 60.7 Å². The van der Waals surface area contributed by atoms with Crippen molar-refractivity contribution < 1.29 is 9.53 Å². The summed E-state index contributed by atoms with van der Waals surface area (Å²) < 4.78 is 5.14. The summed E-state index contributed by atoms with van der Waals surface area (Å²) in [5, 5.41) is 13.6. The van der Waals surface area contributed by atoms with Gasteiger partial charge in [-0.3, -0.25) is 4.79 Å². The zero-order chi connectivity index (χ0) is 16.2. The summed E-state index contributed by atoms with van der Waals surface area (Å²) in [6.07, 6.45) is 0. The maximum atomic E-state index is 12.4. The fourth-order valence-corrected chi connectivity index (χ4v) is 2.36. The van der Waals surface area contributed by atoms with Crippen molar-refractivity contribution in [3.05, 3.63) is 71.8 Å². The van der Waals surface area contributed by atoms with Gasteiger partial charge in [0.05, 0.1) is 18.7 Å². The van der Waals surface area contributed by atoms with Crippen molar-refractivity contribution in [3.8, 4) is 11.8 Å². The van der Waals surface area contributed by atoms with E-state index < -0.39 is 0 Å². The van der Waals surface area contributed by atoms with Crippen molar-refractivity contribution in [2.24, 2.45) is 0 Å². The fraction of sp³-hybridized carbons (Fsp3) is 0.0526. The average Bonchev–Trinajstić information content (AvgIpc) is 2.60. The molecule has 0 fully saturated rings. The molecule has 3 rings (SSSR count). The van der Waals surface area contributed by atoms with E-state index in [0.29, 0.717) is 22.6 Å². The Morgan fingerprint density at radius 3 is 2.61 bits per heavy atom. The Balaban J connectivity index is 1.87. The third kappa shape index (κ3) is 3.14. The summed E-state index contributed by atoms with van der Waals surface area (Å²) in [4.78, 5) is 12.4. The van der Waals surface area contributed by atoms with Crippen LogP contribution in [0.1, 0.15) is 15.9 Å². The van der Waals surface area contributed by atoms with Gasteiger partial charge in [-0.1, -0.05) is 18.2 Å². The summed E-state index contributed by atoms with van der Waals surface area (Å²) in [6.45, 7) is 0. The van der Waals surface area contributed by atoms with Gasteiger partial charge in [0.2, 0.25) is 0 Å². The van der Waals surface area contributed by atoms with E-state index in [-0.39, 0.29) is 5.91 Å². The Labute approximate surface area is 133 Å². The van der Waals surface area contributed by atoms with Gasteiger partial charge in [-0.2, -0.15) is 5.26 Å². The first-order valence-electron chi connectivity index (χ1n) is 7.09. The molecule has 3 aromatic carbocycles. The molecule has 4 nitrogen and oxygen atoms in total. The van der Waals surface area contributed by atoms with Crippen LogP contribution in [0.2, 0.25) is 0 Å². The largest absolute Gasteiger partial charge is 0.497 e. The summed E-state index contributed by atoms with van der Waals surface area (Å²) in [5.74, 6) is 0.495. The smallest absolute Gasteiger partial charge is 0.255 e. The lowest BCUT2D eigenvalue weighted by Gasteiger charge is -2.08. The highest BCUT2D eigenvalue weighted by Crippen LogP contribution is 2.20. The molecule has 3 aromatic rings. The summed E-state index contributed by atoms with van der Waals surface area (Å²) in [5.41, 5.74) is 1.84. The lowest BCUT2D eigenvalue weighted by Crippen LogP contribution is -2.11. The minimum Gasteiger partial charge on any atom is -0.497 e. The Morgan fingerprint density at radius 1 is 1.04 bits per heavy atom. The zero-order valence-corrected chi connectivity index (χ0v) is 12.5. The second kappa shape index (κ2) is 6.20. The molecular weight excluding hydrogens is 288 g/mol. The quantitative estimate of drug-likeness (QED) is 0.796. The molecule has 0 aliphatic carbocycles. The van der Waals surface area contributed by atoms with Gasteiger partial charge in [-0.05, 0) is 47.2 Å². The van der Waals surface area contributed by atoms with Crippen LogP contribution in [0.3, 0.4) is 0 Å². The van der Waals surface area contributed by atoms with Gasteiger partial charge < -0.3 is 10.1 Å². The number of carbonyl (C=O) groups excluding carboxylic acids is 1. The molecule has 0 radical (unpaired) electrons. The number of carbonyl (C=O) groups is 1. The molecule has 0 aromatic heterocycles. The normalized spacial score (nSPS) is 10.1. The van der Waals surface area contributed by atoms with E-state index >= 15 is 0 Å². The van der Waals surface area contributed by atoms with Crippen molar-refractivity contribution in [2.45, 2.75) is 0 Å². The second-order valence-electron chi connectivity index (χ2n) is 5.07. The number of rotatable bonds is 3. The highest BCUT2D eigenvalue weighted by molar-refractivity contribution is 6.06. The number of hydrogen-bond donors (Lipinski definition) is 1. The average molecular weight is 302 g/mol. The fourth-order valence-electron chi connectivity index (χ4n) is 2.36. The Hall–Kier alpha value is -3.32. The van der Waals surface area contributed by atoms with Crippen LogP contribution in [0.5, 0.6) is 5.75 Å².